The van der Waals surface area contributed by atoms with Gasteiger partial charge >= 0.3 is 5.97 Å². The Bertz CT molecular complexity index is 780. The third-order valence-electron chi connectivity index (χ3n) is 5.38. The number of carbonyl (C=O) groups is 1. The fraction of sp³-hybridized carbons (Fsp3) is 0.524. The molecule has 0 radical (unpaired) electrons. The van der Waals surface area contributed by atoms with Crippen molar-refractivity contribution in [2.45, 2.75) is 51.6 Å². The fourth-order valence-corrected chi connectivity index (χ4v) is 3.98. The molecule has 4 heteroatoms. The average Bonchev–Trinajstić information content (AvgIpc) is 2.65. The van der Waals surface area contributed by atoms with Gasteiger partial charge in [-0.15, -0.1) is 0 Å². The molecule has 0 amide bonds. The minimum absolute atomic E-state index is 0.0422. The van der Waals surface area contributed by atoms with Crippen molar-refractivity contribution in [3.8, 4) is 0 Å². The second kappa shape index (κ2) is 7.12. The van der Waals surface area contributed by atoms with E-state index in [4.69, 9.17) is 14.5 Å². The van der Waals surface area contributed by atoms with E-state index in [1.54, 1.807) is 0 Å². The summed E-state index contributed by atoms with van der Waals surface area (Å²) < 4.78 is 11.4. The second-order valence-corrected chi connectivity index (χ2v) is 7.36. The summed E-state index contributed by atoms with van der Waals surface area (Å²) in [6, 6.07) is 7.89. The molecule has 4 rings (SSSR count). The van der Waals surface area contributed by atoms with Crippen LogP contribution < -0.4 is 0 Å². The van der Waals surface area contributed by atoms with Gasteiger partial charge in [-0.05, 0) is 56.1 Å². The van der Waals surface area contributed by atoms with Gasteiger partial charge in [-0.3, -0.25) is 4.98 Å². The first kappa shape index (κ1) is 16.5. The van der Waals surface area contributed by atoms with Crippen LogP contribution >= 0.6 is 0 Å². The lowest BCUT2D eigenvalue weighted by atomic mass is 9.84. The minimum atomic E-state index is -0.224. The SMILES string of the molecule is C[C@H]1CCc2nc3ccccc3c(C(=O)OC[C@H]3CCCCO3)c2C1. The largest absolute Gasteiger partial charge is 0.459 e. The summed E-state index contributed by atoms with van der Waals surface area (Å²) in [4.78, 5) is 17.8. The van der Waals surface area contributed by atoms with Gasteiger partial charge in [0.15, 0.2) is 0 Å². The van der Waals surface area contributed by atoms with Gasteiger partial charge in [0, 0.05) is 17.7 Å². The van der Waals surface area contributed by atoms with Crippen molar-refractivity contribution >= 4 is 16.9 Å². The van der Waals surface area contributed by atoms with E-state index in [1.165, 1.54) is 0 Å². The molecule has 1 fully saturated rings. The second-order valence-electron chi connectivity index (χ2n) is 7.36. The Hall–Kier alpha value is -1.94. The van der Waals surface area contributed by atoms with E-state index in [9.17, 15) is 4.79 Å². The molecule has 0 N–H and O–H groups in total. The number of carbonyl (C=O) groups excluding carboxylic acids is 1. The number of nitrogens with zero attached hydrogens (tertiary/aromatic N) is 1. The van der Waals surface area contributed by atoms with Crippen LogP contribution in [0.15, 0.2) is 24.3 Å². The molecule has 0 saturated carbocycles. The zero-order chi connectivity index (χ0) is 17.2. The van der Waals surface area contributed by atoms with Gasteiger partial charge in [-0.25, -0.2) is 4.79 Å². The Balaban J connectivity index is 1.66. The number of ether oxygens (including phenoxy) is 2. The number of aromatic nitrogens is 1. The highest BCUT2D eigenvalue weighted by Gasteiger charge is 2.27. The summed E-state index contributed by atoms with van der Waals surface area (Å²) in [5.74, 6) is 0.349. The first-order valence-corrected chi connectivity index (χ1v) is 9.41. The Morgan fingerprint density at radius 3 is 3.00 bits per heavy atom. The first-order valence-electron chi connectivity index (χ1n) is 9.41. The van der Waals surface area contributed by atoms with Gasteiger partial charge in [0.25, 0.3) is 0 Å². The number of benzene rings is 1. The maximum Gasteiger partial charge on any atom is 0.339 e. The van der Waals surface area contributed by atoms with E-state index >= 15 is 0 Å². The lowest BCUT2D eigenvalue weighted by Gasteiger charge is -2.25. The third kappa shape index (κ3) is 3.40. The standard InChI is InChI=1S/C21H25NO3/c1-14-9-10-19-17(12-14)20(16-7-2-3-8-18(16)22-19)21(23)25-13-15-6-4-5-11-24-15/h2-3,7-8,14-15H,4-6,9-13H2,1H3/t14-,15+/m0/s1. The highest BCUT2D eigenvalue weighted by Crippen LogP contribution is 2.32. The molecule has 0 unspecified atom stereocenters. The number of hydrogen-bond donors (Lipinski definition) is 0. The van der Waals surface area contributed by atoms with Crippen LogP contribution in [0.3, 0.4) is 0 Å². The summed E-state index contributed by atoms with van der Waals surface area (Å²) in [7, 11) is 0. The fourth-order valence-electron chi connectivity index (χ4n) is 3.98. The van der Waals surface area contributed by atoms with E-state index in [-0.39, 0.29) is 12.1 Å². The summed E-state index contributed by atoms with van der Waals surface area (Å²) >= 11 is 0. The molecule has 132 valence electrons. The van der Waals surface area contributed by atoms with Crippen molar-refractivity contribution in [2.24, 2.45) is 5.92 Å². The van der Waals surface area contributed by atoms with Crippen LogP contribution in [0.5, 0.6) is 0 Å². The molecule has 4 nitrogen and oxygen atoms in total. The smallest absolute Gasteiger partial charge is 0.339 e. The van der Waals surface area contributed by atoms with Gasteiger partial charge in [-0.1, -0.05) is 25.1 Å². The van der Waals surface area contributed by atoms with E-state index < -0.39 is 0 Å². The van der Waals surface area contributed by atoms with Gasteiger partial charge in [0.05, 0.1) is 17.2 Å². The molecule has 2 atom stereocenters. The number of aryl methyl sites for hydroxylation is 1. The predicted octanol–water partition coefficient (Wildman–Crippen LogP) is 4.09. The zero-order valence-electron chi connectivity index (χ0n) is 14.8. The lowest BCUT2D eigenvalue weighted by molar-refractivity contribution is -0.0300. The van der Waals surface area contributed by atoms with Crippen molar-refractivity contribution in [1.29, 1.82) is 0 Å². The number of pyridine rings is 1. The summed E-state index contributed by atoms with van der Waals surface area (Å²) in [5.41, 5.74) is 3.77. The van der Waals surface area contributed by atoms with E-state index in [1.807, 2.05) is 24.3 Å². The van der Waals surface area contributed by atoms with Crippen LogP contribution in [0.25, 0.3) is 10.9 Å². The molecule has 25 heavy (non-hydrogen) atoms. The molecule has 2 aromatic rings. The third-order valence-corrected chi connectivity index (χ3v) is 5.38. The topological polar surface area (TPSA) is 48.4 Å². The highest BCUT2D eigenvalue weighted by molar-refractivity contribution is 6.05. The van der Waals surface area contributed by atoms with Crippen molar-refractivity contribution in [3.63, 3.8) is 0 Å². The van der Waals surface area contributed by atoms with Crippen LogP contribution in [0.1, 0.15) is 54.2 Å². The Morgan fingerprint density at radius 1 is 1.28 bits per heavy atom. The molecule has 2 heterocycles. The molecule has 0 spiro atoms. The molecule has 1 aliphatic heterocycles. The maximum atomic E-state index is 13.0. The van der Waals surface area contributed by atoms with Crippen molar-refractivity contribution in [1.82, 2.24) is 4.98 Å². The molecule has 0 bridgehead atoms. The van der Waals surface area contributed by atoms with Gasteiger partial charge in [0.1, 0.15) is 6.61 Å². The van der Waals surface area contributed by atoms with Crippen LogP contribution in [-0.2, 0) is 22.3 Å². The Kier molecular flexibility index (Phi) is 4.71. The number of rotatable bonds is 3. The molecular weight excluding hydrogens is 314 g/mol. The van der Waals surface area contributed by atoms with Crippen molar-refractivity contribution < 1.29 is 14.3 Å². The van der Waals surface area contributed by atoms with Gasteiger partial charge < -0.3 is 9.47 Å². The van der Waals surface area contributed by atoms with Crippen molar-refractivity contribution in [2.75, 3.05) is 13.2 Å². The zero-order valence-corrected chi connectivity index (χ0v) is 14.8. The highest BCUT2D eigenvalue weighted by atomic mass is 16.6. The molecule has 1 saturated heterocycles. The molecule has 2 aliphatic rings. The van der Waals surface area contributed by atoms with Crippen LogP contribution in [0.4, 0.5) is 0 Å². The predicted molar refractivity (Wildman–Crippen MR) is 96.8 cm³/mol. The number of fused-ring (bicyclic) bond motifs is 2. The first-order chi connectivity index (χ1) is 12.2. The number of hydrogen-bond acceptors (Lipinski definition) is 4. The number of para-hydroxylation sites is 1. The van der Waals surface area contributed by atoms with E-state index in [0.29, 0.717) is 12.5 Å². The molecule has 1 aromatic heterocycles. The quantitative estimate of drug-likeness (QED) is 0.791. The monoisotopic (exact) mass is 339 g/mol. The normalized spacial score (nSPS) is 23.2. The Labute approximate surface area is 148 Å². The maximum absolute atomic E-state index is 13.0. The molecule has 1 aliphatic carbocycles. The molecule has 1 aromatic carbocycles. The average molecular weight is 339 g/mol. The van der Waals surface area contributed by atoms with Crippen LogP contribution in [-0.4, -0.2) is 30.3 Å². The van der Waals surface area contributed by atoms with Crippen LogP contribution in [0.2, 0.25) is 0 Å². The van der Waals surface area contributed by atoms with Crippen molar-refractivity contribution in [3.05, 3.63) is 41.1 Å². The van der Waals surface area contributed by atoms with E-state index in [0.717, 1.165) is 72.9 Å². The van der Waals surface area contributed by atoms with Gasteiger partial charge in [0.2, 0.25) is 0 Å². The Morgan fingerprint density at radius 2 is 2.16 bits per heavy atom. The minimum Gasteiger partial charge on any atom is -0.459 e. The summed E-state index contributed by atoms with van der Waals surface area (Å²) in [5, 5.41) is 0.907. The van der Waals surface area contributed by atoms with Crippen LogP contribution in [0, 0.1) is 5.92 Å². The lowest BCUT2D eigenvalue weighted by Crippen LogP contribution is -2.27. The molecular formula is C21H25NO3. The van der Waals surface area contributed by atoms with E-state index in [2.05, 4.69) is 6.92 Å². The number of esters is 1. The van der Waals surface area contributed by atoms with Gasteiger partial charge in [-0.2, -0.15) is 0 Å². The summed E-state index contributed by atoms with van der Waals surface area (Å²) in [6.07, 6.45) is 6.23. The summed E-state index contributed by atoms with van der Waals surface area (Å²) in [6.45, 7) is 3.36.